The van der Waals surface area contributed by atoms with Crippen LogP contribution in [-0.4, -0.2) is 36.2 Å². The summed E-state index contributed by atoms with van der Waals surface area (Å²) in [6, 6.07) is 11.3. The third-order valence-corrected chi connectivity index (χ3v) is 7.90. The molecule has 1 N–H and O–H groups in total. The normalized spacial score (nSPS) is 17.9. The average Bonchev–Trinajstić information content (AvgIpc) is 3.30. The van der Waals surface area contributed by atoms with Crippen molar-refractivity contribution in [3.63, 3.8) is 0 Å². The lowest BCUT2D eigenvalue weighted by Gasteiger charge is -2.23. The summed E-state index contributed by atoms with van der Waals surface area (Å²) in [5.74, 6) is -0.372. The number of amides is 1. The molecule has 146 valence electrons. The van der Waals surface area contributed by atoms with Crippen LogP contribution in [0.4, 0.5) is 5.13 Å². The third-order valence-electron chi connectivity index (χ3n) is 4.73. The highest BCUT2D eigenvalue weighted by molar-refractivity contribution is 7.89. The van der Waals surface area contributed by atoms with E-state index in [0.717, 1.165) is 10.3 Å². The van der Waals surface area contributed by atoms with Gasteiger partial charge in [-0.3, -0.25) is 4.79 Å². The number of carbonyl (C=O) groups excluding carboxylic acids is 1. The van der Waals surface area contributed by atoms with Gasteiger partial charge in [-0.2, -0.15) is 4.31 Å². The minimum atomic E-state index is -3.74. The highest BCUT2D eigenvalue weighted by Crippen LogP contribution is 2.32. The fourth-order valence-electron chi connectivity index (χ4n) is 3.29. The van der Waals surface area contributed by atoms with Gasteiger partial charge in [0.25, 0.3) is 0 Å². The Hall–Kier alpha value is -2.00. The van der Waals surface area contributed by atoms with Gasteiger partial charge < -0.3 is 5.32 Å². The molecule has 1 aliphatic rings. The molecule has 0 bridgehead atoms. The first kappa shape index (κ1) is 19.3. The number of carbonyl (C=O) groups is 1. The van der Waals surface area contributed by atoms with Crippen molar-refractivity contribution in [2.75, 3.05) is 11.9 Å². The SMILES string of the molecule is Cc1ccc(S(=O)(=O)N2CCCC2C(=O)Nc2nc3c(Cl)cccc3s2)cc1. The summed E-state index contributed by atoms with van der Waals surface area (Å²) in [4.78, 5) is 17.4. The maximum atomic E-state index is 13.0. The topological polar surface area (TPSA) is 79.4 Å². The van der Waals surface area contributed by atoms with E-state index in [0.29, 0.717) is 35.1 Å². The lowest BCUT2D eigenvalue weighted by Crippen LogP contribution is -2.43. The average molecular weight is 436 g/mol. The Kier molecular flexibility index (Phi) is 5.13. The lowest BCUT2D eigenvalue weighted by atomic mass is 10.2. The number of fused-ring (bicyclic) bond motifs is 1. The predicted octanol–water partition coefficient (Wildman–Crippen LogP) is 4.05. The molecule has 1 fully saturated rings. The zero-order valence-corrected chi connectivity index (χ0v) is 17.4. The van der Waals surface area contributed by atoms with Gasteiger partial charge in [0.05, 0.1) is 14.6 Å². The van der Waals surface area contributed by atoms with Crippen LogP contribution in [0.2, 0.25) is 5.02 Å². The molecule has 3 aromatic rings. The molecule has 1 atom stereocenters. The van der Waals surface area contributed by atoms with Crippen molar-refractivity contribution >= 4 is 54.2 Å². The fourth-order valence-corrected chi connectivity index (χ4v) is 6.12. The van der Waals surface area contributed by atoms with E-state index in [9.17, 15) is 13.2 Å². The number of benzene rings is 2. The smallest absolute Gasteiger partial charge is 0.244 e. The van der Waals surface area contributed by atoms with Gasteiger partial charge in [-0.05, 0) is 44.0 Å². The Morgan fingerprint density at radius 2 is 2.00 bits per heavy atom. The molecule has 2 heterocycles. The quantitative estimate of drug-likeness (QED) is 0.670. The van der Waals surface area contributed by atoms with Crippen LogP contribution in [0.25, 0.3) is 10.2 Å². The van der Waals surface area contributed by atoms with Gasteiger partial charge in [0.15, 0.2) is 5.13 Å². The molecular weight excluding hydrogens is 418 g/mol. The van der Waals surface area contributed by atoms with Gasteiger partial charge in [0.1, 0.15) is 11.6 Å². The van der Waals surface area contributed by atoms with Crippen molar-refractivity contribution in [3.8, 4) is 0 Å². The van der Waals surface area contributed by atoms with Crippen LogP contribution in [-0.2, 0) is 14.8 Å². The molecule has 6 nitrogen and oxygen atoms in total. The number of anilines is 1. The van der Waals surface area contributed by atoms with E-state index in [2.05, 4.69) is 10.3 Å². The first-order chi connectivity index (χ1) is 13.4. The summed E-state index contributed by atoms with van der Waals surface area (Å²) < 4.78 is 28.2. The number of para-hydroxylation sites is 1. The molecule has 1 saturated heterocycles. The minimum absolute atomic E-state index is 0.199. The molecule has 1 aromatic heterocycles. The summed E-state index contributed by atoms with van der Waals surface area (Å²) in [5.41, 5.74) is 1.60. The number of aromatic nitrogens is 1. The largest absolute Gasteiger partial charge is 0.301 e. The van der Waals surface area contributed by atoms with Crippen LogP contribution < -0.4 is 5.32 Å². The second-order valence-electron chi connectivity index (χ2n) is 6.68. The molecule has 9 heteroatoms. The van der Waals surface area contributed by atoms with Gasteiger partial charge in [0.2, 0.25) is 15.9 Å². The summed E-state index contributed by atoms with van der Waals surface area (Å²) in [6.45, 7) is 2.22. The number of hydrogen-bond donors (Lipinski definition) is 1. The summed E-state index contributed by atoms with van der Waals surface area (Å²) in [6.07, 6.45) is 1.11. The highest BCUT2D eigenvalue weighted by Gasteiger charge is 2.39. The Morgan fingerprint density at radius 1 is 1.25 bits per heavy atom. The van der Waals surface area contributed by atoms with E-state index in [1.165, 1.54) is 15.6 Å². The molecule has 0 aliphatic carbocycles. The highest BCUT2D eigenvalue weighted by atomic mass is 35.5. The van der Waals surface area contributed by atoms with Crippen molar-refractivity contribution in [1.29, 1.82) is 0 Å². The van der Waals surface area contributed by atoms with Gasteiger partial charge in [-0.25, -0.2) is 13.4 Å². The van der Waals surface area contributed by atoms with Crippen LogP contribution in [0.3, 0.4) is 0 Å². The van der Waals surface area contributed by atoms with Gasteiger partial charge in [-0.15, -0.1) is 0 Å². The fraction of sp³-hybridized carbons (Fsp3) is 0.263. The summed E-state index contributed by atoms with van der Waals surface area (Å²) in [7, 11) is -3.74. The zero-order chi connectivity index (χ0) is 19.9. The van der Waals surface area contributed by atoms with Crippen molar-refractivity contribution in [3.05, 3.63) is 53.1 Å². The molecule has 0 radical (unpaired) electrons. The Balaban J connectivity index is 1.57. The number of aryl methyl sites for hydroxylation is 1. The molecule has 4 rings (SSSR count). The van der Waals surface area contributed by atoms with Crippen molar-refractivity contribution in [1.82, 2.24) is 9.29 Å². The van der Waals surface area contributed by atoms with Gasteiger partial charge in [0, 0.05) is 6.54 Å². The number of sulfonamides is 1. The first-order valence-corrected chi connectivity index (χ1v) is 11.4. The van der Waals surface area contributed by atoms with E-state index < -0.39 is 16.1 Å². The van der Waals surface area contributed by atoms with Crippen LogP contribution in [0.1, 0.15) is 18.4 Å². The van der Waals surface area contributed by atoms with Crippen molar-refractivity contribution < 1.29 is 13.2 Å². The van der Waals surface area contributed by atoms with Crippen LogP contribution >= 0.6 is 22.9 Å². The molecule has 1 aliphatic heterocycles. The van der Waals surface area contributed by atoms with Crippen LogP contribution in [0.5, 0.6) is 0 Å². The lowest BCUT2D eigenvalue weighted by molar-refractivity contribution is -0.119. The Labute approximate surface area is 172 Å². The summed E-state index contributed by atoms with van der Waals surface area (Å²) in [5, 5.41) is 3.69. The zero-order valence-electron chi connectivity index (χ0n) is 15.1. The van der Waals surface area contributed by atoms with Gasteiger partial charge >= 0.3 is 0 Å². The number of thiazole rings is 1. The third kappa shape index (κ3) is 3.53. The number of halogens is 1. The van der Waals surface area contributed by atoms with Crippen molar-refractivity contribution in [2.24, 2.45) is 0 Å². The monoisotopic (exact) mass is 435 g/mol. The van der Waals surface area contributed by atoms with E-state index in [4.69, 9.17) is 11.6 Å². The van der Waals surface area contributed by atoms with Gasteiger partial charge in [-0.1, -0.05) is 46.7 Å². The standard InChI is InChI=1S/C19H18ClN3O3S2/c1-12-7-9-13(10-8-12)28(25,26)23-11-3-5-15(23)18(24)22-19-21-17-14(20)4-2-6-16(17)27-19/h2,4,6-10,15H,3,5,11H2,1H3,(H,21,22,24). The van der Waals surface area contributed by atoms with E-state index in [1.807, 2.05) is 19.1 Å². The number of nitrogens with zero attached hydrogens (tertiary/aromatic N) is 2. The van der Waals surface area contributed by atoms with Crippen LogP contribution in [0, 0.1) is 6.92 Å². The molecule has 0 spiro atoms. The molecule has 0 saturated carbocycles. The van der Waals surface area contributed by atoms with Crippen LogP contribution in [0.15, 0.2) is 47.4 Å². The van der Waals surface area contributed by atoms with E-state index >= 15 is 0 Å². The first-order valence-electron chi connectivity index (χ1n) is 8.81. The number of nitrogens with one attached hydrogen (secondary N) is 1. The number of rotatable bonds is 4. The maximum Gasteiger partial charge on any atom is 0.244 e. The second-order valence-corrected chi connectivity index (χ2v) is 10.0. The Morgan fingerprint density at radius 3 is 2.71 bits per heavy atom. The summed E-state index contributed by atoms with van der Waals surface area (Å²) >= 11 is 7.45. The molecule has 1 unspecified atom stereocenters. The van der Waals surface area contributed by atoms with Crippen molar-refractivity contribution in [2.45, 2.75) is 30.7 Å². The molecular formula is C19H18ClN3O3S2. The molecule has 28 heavy (non-hydrogen) atoms. The predicted molar refractivity (Wildman–Crippen MR) is 111 cm³/mol. The second kappa shape index (κ2) is 7.44. The minimum Gasteiger partial charge on any atom is -0.301 e. The molecule has 2 aromatic carbocycles. The Bertz CT molecular complexity index is 1140. The number of hydrogen-bond acceptors (Lipinski definition) is 5. The maximum absolute atomic E-state index is 13.0. The van der Waals surface area contributed by atoms with E-state index in [1.54, 1.807) is 30.3 Å². The molecule has 1 amide bonds. The van der Waals surface area contributed by atoms with E-state index in [-0.39, 0.29) is 10.8 Å².